The average molecular weight is 310 g/mol. The molecule has 5 nitrogen and oxygen atoms in total. The number of nitrogens with one attached hydrogen (secondary N) is 2. The zero-order valence-electron chi connectivity index (χ0n) is 13.3. The van der Waals surface area contributed by atoms with Crippen LogP contribution in [0.1, 0.15) is 19.8 Å². The molecule has 0 aliphatic carbocycles. The molecule has 1 aliphatic rings. The number of rotatable bonds is 3. The van der Waals surface area contributed by atoms with Gasteiger partial charge in [-0.05, 0) is 43.0 Å². The summed E-state index contributed by atoms with van der Waals surface area (Å²) in [5, 5.41) is 5.52. The zero-order chi connectivity index (χ0) is 16.1. The van der Waals surface area contributed by atoms with Crippen molar-refractivity contribution < 1.29 is 4.79 Å². The van der Waals surface area contributed by atoms with Crippen molar-refractivity contribution in [3.8, 4) is 0 Å². The number of carbonyl (C=O) groups is 1. The Hall–Kier alpha value is -2.56. The number of para-hydroxylation sites is 1. The van der Waals surface area contributed by atoms with Crippen LogP contribution in [0.2, 0.25) is 0 Å². The molecule has 2 amide bonds. The van der Waals surface area contributed by atoms with Gasteiger partial charge >= 0.3 is 6.03 Å². The maximum absolute atomic E-state index is 11.9. The molecule has 3 rings (SSSR count). The van der Waals surface area contributed by atoms with Crippen LogP contribution in [0.4, 0.5) is 22.0 Å². The largest absolute Gasteiger partial charge is 0.370 e. The van der Waals surface area contributed by atoms with E-state index in [1.54, 1.807) is 0 Å². The number of piperidine rings is 1. The van der Waals surface area contributed by atoms with Crippen LogP contribution in [0.25, 0.3) is 0 Å². The molecule has 2 N–H and O–H groups in total. The van der Waals surface area contributed by atoms with Gasteiger partial charge in [-0.3, -0.25) is 5.32 Å². The monoisotopic (exact) mass is 310 g/mol. The van der Waals surface area contributed by atoms with Gasteiger partial charge in [0.1, 0.15) is 5.82 Å². The van der Waals surface area contributed by atoms with Crippen molar-refractivity contribution in [2.24, 2.45) is 5.92 Å². The van der Waals surface area contributed by atoms with Gasteiger partial charge in [-0.2, -0.15) is 0 Å². The second-order valence-electron chi connectivity index (χ2n) is 6.02. The first kappa shape index (κ1) is 15.3. The smallest absolute Gasteiger partial charge is 0.324 e. The van der Waals surface area contributed by atoms with Gasteiger partial charge in [0.25, 0.3) is 0 Å². The zero-order valence-corrected chi connectivity index (χ0v) is 13.3. The molecule has 0 radical (unpaired) electrons. The molecule has 0 unspecified atom stereocenters. The van der Waals surface area contributed by atoms with Crippen molar-refractivity contribution in [3.05, 3.63) is 48.7 Å². The van der Waals surface area contributed by atoms with Crippen LogP contribution in [-0.4, -0.2) is 24.1 Å². The number of amides is 2. The van der Waals surface area contributed by atoms with Gasteiger partial charge in [0.2, 0.25) is 0 Å². The first-order valence-electron chi connectivity index (χ1n) is 8.05. The van der Waals surface area contributed by atoms with Crippen LogP contribution in [0.5, 0.6) is 0 Å². The fraction of sp³-hybridized carbons (Fsp3) is 0.333. The predicted molar refractivity (Wildman–Crippen MR) is 93.9 cm³/mol. The van der Waals surface area contributed by atoms with Gasteiger partial charge in [-0.1, -0.05) is 25.1 Å². The normalized spacial score (nSPS) is 15.3. The Balaban J connectivity index is 1.56. The van der Waals surface area contributed by atoms with Crippen LogP contribution < -0.4 is 15.5 Å². The highest BCUT2D eigenvalue weighted by Gasteiger charge is 2.16. The van der Waals surface area contributed by atoms with Crippen molar-refractivity contribution >= 4 is 23.2 Å². The molecule has 1 fully saturated rings. The van der Waals surface area contributed by atoms with Gasteiger partial charge in [0.05, 0.1) is 11.9 Å². The number of pyridine rings is 1. The fourth-order valence-corrected chi connectivity index (χ4v) is 2.71. The Morgan fingerprint density at radius 1 is 1.09 bits per heavy atom. The van der Waals surface area contributed by atoms with E-state index in [1.807, 2.05) is 48.7 Å². The van der Waals surface area contributed by atoms with E-state index in [4.69, 9.17) is 0 Å². The van der Waals surface area contributed by atoms with Crippen LogP contribution in [0, 0.1) is 5.92 Å². The molecule has 0 saturated carbocycles. The molecular weight excluding hydrogens is 288 g/mol. The Morgan fingerprint density at radius 2 is 1.83 bits per heavy atom. The number of anilines is 3. The quantitative estimate of drug-likeness (QED) is 0.902. The topological polar surface area (TPSA) is 57.3 Å². The van der Waals surface area contributed by atoms with Gasteiger partial charge < -0.3 is 10.2 Å². The minimum Gasteiger partial charge on any atom is -0.370 e. The van der Waals surface area contributed by atoms with E-state index in [0.29, 0.717) is 5.82 Å². The van der Waals surface area contributed by atoms with E-state index in [1.165, 1.54) is 12.8 Å². The molecule has 0 bridgehead atoms. The van der Waals surface area contributed by atoms with E-state index >= 15 is 0 Å². The van der Waals surface area contributed by atoms with Gasteiger partial charge in [-0.15, -0.1) is 0 Å². The van der Waals surface area contributed by atoms with Crippen molar-refractivity contribution in [2.45, 2.75) is 19.8 Å². The lowest BCUT2D eigenvalue weighted by Gasteiger charge is -2.31. The van der Waals surface area contributed by atoms with E-state index < -0.39 is 0 Å². The Labute approximate surface area is 136 Å². The average Bonchev–Trinajstić information content (AvgIpc) is 2.57. The molecule has 1 aromatic heterocycles. The summed E-state index contributed by atoms with van der Waals surface area (Å²) in [7, 11) is 0. The number of benzene rings is 1. The molecule has 1 aliphatic heterocycles. The second-order valence-corrected chi connectivity index (χ2v) is 6.02. The van der Waals surface area contributed by atoms with Crippen molar-refractivity contribution in [1.82, 2.24) is 4.98 Å². The first-order chi connectivity index (χ1) is 11.2. The highest BCUT2D eigenvalue weighted by Crippen LogP contribution is 2.23. The summed E-state index contributed by atoms with van der Waals surface area (Å²) in [6.45, 7) is 4.45. The Morgan fingerprint density at radius 3 is 2.48 bits per heavy atom. The Bertz CT molecular complexity index is 634. The van der Waals surface area contributed by atoms with Crippen molar-refractivity contribution in [2.75, 3.05) is 28.6 Å². The molecule has 1 aromatic carbocycles. The van der Waals surface area contributed by atoms with Gasteiger partial charge in [-0.25, -0.2) is 9.78 Å². The fourth-order valence-electron chi connectivity index (χ4n) is 2.71. The van der Waals surface area contributed by atoms with E-state index in [0.717, 1.165) is 30.4 Å². The molecular formula is C18H22N4O. The summed E-state index contributed by atoms with van der Waals surface area (Å²) in [6.07, 6.45) is 4.27. The third-order valence-electron chi connectivity index (χ3n) is 4.17. The molecule has 0 atom stereocenters. The van der Waals surface area contributed by atoms with Crippen LogP contribution in [-0.2, 0) is 0 Å². The number of hydrogen-bond donors (Lipinski definition) is 2. The van der Waals surface area contributed by atoms with Gasteiger partial charge in [0.15, 0.2) is 0 Å². The molecule has 120 valence electrons. The second kappa shape index (κ2) is 7.13. The summed E-state index contributed by atoms with van der Waals surface area (Å²) in [5.74, 6) is 1.36. The van der Waals surface area contributed by atoms with Crippen molar-refractivity contribution in [3.63, 3.8) is 0 Å². The standard InChI is InChI=1S/C18H22N4O/c1-14-9-11-22(12-10-14)16-7-8-17(19-13-16)21-18(23)20-15-5-3-2-4-6-15/h2-8,13-14H,9-12H2,1H3,(H2,19,20,21,23). The van der Waals surface area contributed by atoms with Crippen LogP contribution in [0.3, 0.4) is 0 Å². The Kier molecular flexibility index (Phi) is 4.76. The lowest BCUT2D eigenvalue weighted by Crippen LogP contribution is -2.32. The first-order valence-corrected chi connectivity index (χ1v) is 8.05. The summed E-state index contributed by atoms with van der Waals surface area (Å²) in [6, 6.07) is 12.9. The van der Waals surface area contributed by atoms with Gasteiger partial charge in [0, 0.05) is 18.8 Å². The number of hydrogen-bond acceptors (Lipinski definition) is 3. The number of aromatic nitrogens is 1. The highest BCUT2D eigenvalue weighted by atomic mass is 16.2. The maximum Gasteiger partial charge on any atom is 0.324 e. The van der Waals surface area contributed by atoms with E-state index in [9.17, 15) is 4.79 Å². The summed E-state index contributed by atoms with van der Waals surface area (Å²) in [5.41, 5.74) is 1.87. The molecule has 2 heterocycles. The van der Waals surface area contributed by atoms with Crippen LogP contribution >= 0.6 is 0 Å². The number of urea groups is 1. The number of nitrogens with zero attached hydrogens (tertiary/aromatic N) is 2. The maximum atomic E-state index is 11.9. The predicted octanol–water partition coefficient (Wildman–Crippen LogP) is 3.96. The van der Waals surface area contributed by atoms with E-state index in [2.05, 4.69) is 27.4 Å². The highest BCUT2D eigenvalue weighted by molar-refractivity contribution is 5.99. The van der Waals surface area contributed by atoms with Crippen molar-refractivity contribution in [1.29, 1.82) is 0 Å². The third kappa shape index (κ3) is 4.22. The third-order valence-corrected chi connectivity index (χ3v) is 4.17. The summed E-state index contributed by atoms with van der Waals surface area (Å²) < 4.78 is 0. The lowest BCUT2D eigenvalue weighted by molar-refractivity contribution is 0.262. The summed E-state index contributed by atoms with van der Waals surface area (Å²) >= 11 is 0. The molecule has 23 heavy (non-hydrogen) atoms. The minimum atomic E-state index is -0.289. The lowest BCUT2D eigenvalue weighted by atomic mass is 9.99. The molecule has 0 spiro atoms. The number of carbonyl (C=O) groups excluding carboxylic acids is 1. The van der Waals surface area contributed by atoms with E-state index in [-0.39, 0.29) is 6.03 Å². The molecule has 1 saturated heterocycles. The molecule has 2 aromatic rings. The minimum absolute atomic E-state index is 0.289. The SMILES string of the molecule is CC1CCN(c2ccc(NC(=O)Nc3ccccc3)nc2)CC1. The summed E-state index contributed by atoms with van der Waals surface area (Å²) in [4.78, 5) is 18.6. The molecule has 5 heteroatoms. The van der Waals surface area contributed by atoms with Crippen LogP contribution in [0.15, 0.2) is 48.7 Å².